The third-order valence-corrected chi connectivity index (χ3v) is 8.14. The van der Waals surface area contributed by atoms with Gasteiger partial charge in [-0.05, 0) is 86.4 Å². The molecule has 4 fully saturated rings. The lowest BCUT2D eigenvalue weighted by molar-refractivity contribution is -0.144. The van der Waals surface area contributed by atoms with Crippen LogP contribution in [0.1, 0.15) is 52.4 Å². The summed E-state index contributed by atoms with van der Waals surface area (Å²) in [7, 11) is 0. The zero-order chi connectivity index (χ0) is 19.9. The van der Waals surface area contributed by atoms with Crippen LogP contribution in [0.4, 0.5) is 10.1 Å². The van der Waals surface area contributed by atoms with E-state index in [1.807, 2.05) is 0 Å². The molecule has 5 rings (SSSR count). The summed E-state index contributed by atoms with van der Waals surface area (Å²) in [6.45, 7) is 7.50. The van der Waals surface area contributed by atoms with E-state index in [2.05, 4.69) is 24.1 Å². The highest BCUT2D eigenvalue weighted by atomic mass is 19.1. The smallest absolute Gasteiger partial charge is 0.329 e. The average Bonchev–Trinajstić information content (AvgIpc) is 2.67. The molecule has 3 atom stereocenters. The molecule has 4 aliphatic rings. The number of hydrogen-bond acceptors (Lipinski definition) is 3. The van der Waals surface area contributed by atoms with Crippen molar-refractivity contribution in [3.8, 4) is 0 Å². The normalized spacial score (nSPS) is 31.0. The summed E-state index contributed by atoms with van der Waals surface area (Å²) in [5.41, 5.74) is 0.0658. The van der Waals surface area contributed by atoms with Crippen LogP contribution < -0.4 is 5.32 Å². The maximum absolute atomic E-state index is 13.5. The van der Waals surface area contributed by atoms with Gasteiger partial charge in [-0.15, -0.1) is 0 Å². The van der Waals surface area contributed by atoms with Gasteiger partial charge in [0, 0.05) is 18.8 Å². The van der Waals surface area contributed by atoms with Crippen molar-refractivity contribution in [1.82, 2.24) is 4.90 Å². The maximum Gasteiger partial charge on any atom is 0.329 e. The van der Waals surface area contributed by atoms with Crippen LogP contribution in [-0.2, 0) is 4.79 Å². The summed E-state index contributed by atoms with van der Waals surface area (Å²) in [6, 6.07) is 6.09. The maximum atomic E-state index is 13.5. The second-order valence-corrected chi connectivity index (χ2v) is 9.85. The van der Waals surface area contributed by atoms with Crippen molar-refractivity contribution >= 4 is 11.7 Å². The van der Waals surface area contributed by atoms with Gasteiger partial charge in [0.25, 0.3) is 0 Å². The molecule has 1 saturated heterocycles. The van der Waals surface area contributed by atoms with Gasteiger partial charge in [-0.25, -0.2) is 9.18 Å². The minimum Gasteiger partial charge on any atom is -0.480 e. The predicted molar refractivity (Wildman–Crippen MR) is 109 cm³/mol. The highest BCUT2D eigenvalue weighted by molar-refractivity contribution is 5.83. The minimum absolute atomic E-state index is 0.350. The third-order valence-electron chi connectivity index (χ3n) is 8.14. The molecule has 0 aromatic heterocycles. The first-order chi connectivity index (χ1) is 13.3. The molecule has 28 heavy (non-hydrogen) atoms. The molecule has 2 N–H and O–H groups in total. The number of fused-ring (bicyclic) bond motifs is 2. The van der Waals surface area contributed by atoms with Crippen molar-refractivity contribution < 1.29 is 14.3 Å². The molecule has 1 heterocycles. The fourth-order valence-electron chi connectivity index (χ4n) is 6.05. The highest BCUT2D eigenvalue weighted by Crippen LogP contribution is 2.62. The van der Waals surface area contributed by atoms with E-state index in [0.29, 0.717) is 23.9 Å². The first-order valence-corrected chi connectivity index (χ1v) is 10.8. The Balaban J connectivity index is 1.32. The van der Waals surface area contributed by atoms with Crippen molar-refractivity contribution in [2.24, 2.45) is 23.2 Å². The Kier molecular flexibility index (Phi) is 5.15. The second-order valence-electron chi connectivity index (χ2n) is 9.85. The van der Waals surface area contributed by atoms with Crippen LogP contribution in [0.15, 0.2) is 24.3 Å². The fourth-order valence-corrected chi connectivity index (χ4v) is 6.05. The molecule has 0 spiro atoms. The number of nitrogens with zero attached hydrogens (tertiary/aromatic N) is 1. The Hall–Kier alpha value is -1.62. The standard InChI is InChI=1S/C23H33FN2O2/c1-22(2)17-7-6-16(20(22)14-17)8-11-26-12-9-23(10-13-26,21(27)28)25-19-5-3-4-18(24)15-19/h3-5,15-17,20,25H,6-14H2,1-2H3,(H,27,28). The largest absolute Gasteiger partial charge is 0.480 e. The van der Waals surface area contributed by atoms with E-state index in [0.717, 1.165) is 37.4 Å². The molecule has 3 aliphatic carbocycles. The Morgan fingerprint density at radius 3 is 2.64 bits per heavy atom. The SMILES string of the molecule is CC1(C)C2CCC(CCN3CCC(Nc4cccc(F)c4)(C(=O)O)CC3)C1C2. The van der Waals surface area contributed by atoms with Gasteiger partial charge < -0.3 is 15.3 Å². The minimum atomic E-state index is -1.00. The second kappa shape index (κ2) is 7.33. The highest BCUT2D eigenvalue weighted by Gasteiger charge is 2.53. The zero-order valence-corrected chi connectivity index (χ0v) is 17.1. The number of carboxylic acids is 1. The van der Waals surface area contributed by atoms with Crippen LogP contribution in [0.3, 0.4) is 0 Å². The Morgan fingerprint density at radius 1 is 1.29 bits per heavy atom. The lowest BCUT2D eigenvalue weighted by atomic mass is 9.45. The molecule has 3 saturated carbocycles. The first kappa shape index (κ1) is 19.7. The van der Waals surface area contributed by atoms with Gasteiger partial charge >= 0.3 is 5.97 Å². The van der Waals surface area contributed by atoms with E-state index < -0.39 is 11.5 Å². The lowest BCUT2D eigenvalue weighted by Gasteiger charge is -2.60. The van der Waals surface area contributed by atoms with E-state index in [-0.39, 0.29) is 5.82 Å². The average molecular weight is 389 g/mol. The van der Waals surface area contributed by atoms with Crippen molar-refractivity contribution in [3.05, 3.63) is 30.1 Å². The number of nitrogens with one attached hydrogen (secondary N) is 1. The number of carboxylic acid groups (broad SMARTS) is 1. The van der Waals surface area contributed by atoms with Crippen molar-refractivity contribution in [2.75, 3.05) is 25.0 Å². The molecule has 1 aromatic rings. The summed E-state index contributed by atoms with van der Waals surface area (Å²) >= 11 is 0. The van der Waals surface area contributed by atoms with Gasteiger partial charge in [0.15, 0.2) is 0 Å². The monoisotopic (exact) mass is 388 g/mol. The zero-order valence-electron chi connectivity index (χ0n) is 17.1. The van der Waals surface area contributed by atoms with Gasteiger partial charge in [-0.1, -0.05) is 19.9 Å². The molecular weight excluding hydrogens is 355 g/mol. The van der Waals surface area contributed by atoms with E-state index in [1.165, 1.54) is 37.8 Å². The van der Waals surface area contributed by atoms with E-state index in [1.54, 1.807) is 12.1 Å². The number of carbonyl (C=O) groups is 1. The van der Waals surface area contributed by atoms with Gasteiger partial charge in [-0.2, -0.15) is 0 Å². The molecule has 2 bridgehead atoms. The Bertz CT molecular complexity index is 725. The van der Waals surface area contributed by atoms with Crippen LogP contribution >= 0.6 is 0 Å². The van der Waals surface area contributed by atoms with E-state index in [9.17, 15) is 14.3 Å². The van der Waals surface area contributed by atoms with Gasteiger partial charge in [-0.3, -0.25) is 0 Å². The van der Waals surface area contributed by atoms with Crippen LogP contribution in [-0.4, -0.2) is 41.1 Å². The van der Waals surface area contributed by atoms with Crippen molar-refractivity contribution in [3.63, 3.8) is 0 Å². The number of halogens is 1. The lowest BCUT2D eigenvalue weighted by Crippen LogP contribution is -2.55. The Labute approximate surface area is 167 Å². The van der Waals surface area contributed by atoms with Crippen molar-refractivity contribution in [1.29, 1.82) is 0 Å². The molecule has 3 unspecified atom stereocenters. The summed E-state index contributed by atoms with van der Waals surface area (Å²) in [6.07, 6.45) is 6.48. The van der Waals surface area contributed by atoms with Gasteiger partial charge in [0.2, 0.25) is 0 Å². The number of aliphatic carboxylic acids is 1. The molecule has 1 aromatic carbocycles. The summed E-state index contributed by atoms with van der Waals surface area (Å²) in [5, 5.41) is 13.0. The van der Waals surface area contributed by atoms with Crippen LogP contribution in [0.5, 0.6) is 0 Å². The number of benzene rings is 1. The van der Waals surface area contributed by atoms with Gasteiger partial charge in [0.1, 0.15) is 11.4 Å². The number of piperidine rings is 1. The molecule has 4 nitrogen and oxygen atoms in total. The van der Waals surface area contributed by atoms with Crippen molar-refractivity contribution in [2.45, 2.75) is 57.9 Å². The molecule has 1 aliphatic heterocycles. The molecule has 0 radical (unpaired) electrons. The summed E-state index contributed by atoms with van der Waals surface area (Å²) in [5.74, 6) is 1.46. The topological polar surface area (TPSA) is 52.6 Å². The summed E-state index contributed by atoms with van der Waals surface area (Å²) in [4.78, 5) is 14.4. The first-order valence-electron chi connectivity index (χ1n) is 10.8. The number of rotatable bonds is 6. The third kappa shape index (κ3) is 3.54. The summed E-state index contributed by atoms with van der Waals surface area (Å²) < 4.78 is 13.5. The van der Waals surface area contributed by atoms with Crippen LogP contribution in [0.2, 0.25) is 0 Å². The van der Waals surface area contributed by atoms with Crippen LogP contribution in [0, 0.1) is 29.0 Å². The fraction of sp³-hybridized carbons (Fsp3) is 0.696. The quantitative estimate of drug-likeness (QED) is 0.747. The number of anilines is 1. The van der Waals surface area contributed by atoms with E-state index >= 15 is 0 Å². The molecule has 154 valence electrons. The van der Waals surface area contributed by atoms with Crippen LogP contribution in [0.25, 0.3) is 0 Å². The molecular formula is C23H33FN2O2. The van der Waals surface area contributed by atoms with E-state index in [4.69, 9.17) is 0 Å². The predicted octanol–water partition coefficient (Wildman–Crippen LogP) is 4.62. The molecule has 5 heteroatoms. The molecule has 0 amide bonds. The Morgan fingerprint density at radius 2 is 2.04 bits per heavy atom. The van der Waals surface area contributed by atoms with Gasteiger partial charge in [0.05, 0.1) is 0 Å². The number of likely N-dealkylation sites (tertiary alicyclic amines) is 1. The number of hydrogen-bond donors (Lipinski definition) is 2.